The molecule has 0 spiro atoms. The molecule has 0 aliphatic heterocycles. The quantitative estimate of drug-likeness (QED) is 0.700. The lowest BCUT2D eigenvalue weighted by Gasteiger charge is -1.92. The highest BCUT2D eigenvalue weighted by molar-refractivity contribution is 7.09. The van der Waals surface area contributed by atoms with Crippen molar-refractivity contribution in [3.63, 3.8) is 0 Å². The van der Waals surface area contributed by atoms with Crippen LogP contribution < -0.4 is 5.32 Å². The van der Waals surface area contributed by atoms with Gasteiger partial charge < -0.3 is 0 Å². The summed E-state index contributed by atoms with van der Waals surface area (Å²) in [4.78, 5) is 15.2. The first kappa shape index (κ1) is 8.69. The highest BCUT2D eigenvalue weighted by atomic mass is 32.1. The number of hydrogen-bond acceptors (Lipinski definition) is 7. The number of hydrogen-bond donors (Lipinski definition) is 2. The van der Waals surface area contributed by atoms with Gasteiger partial charge in [-0.3, -0.25) is 15.2 Å². The Bertz CT molecular complexity index is 435. The first-order valence-electron chi connectivity index (χ1n) is 3.61. The van der Waals surface area contributed by atoms with Crippen molar-refractivity contribution >= 4 is 22.6 Å². The third-order valence-corrected chi connectivity index (χ3v) is 1.83. The van der Waals surface area contributed by atoms with Crippen molar-refractivity contribution in [3.05, 3.63) is 11.6 Å². The molecule has 2 aromatic rings. The topological polar surface area (TPSA) is 109 Å². The lowest BCUT2D eigenvalue weighted by Crippen LogP contribution is -2.13. The monoisotopic (exact) mass is 211 g/mol. The van der Waals surface area contributed by atoms with E-state index in [2.05, 4.69) is 35.3 Å². The minimum absolute atomic E-state index is 0.0673. The van der Waals surface area contributed by atoms with Crippen LogP contribution in [0.15, 0.2) is 0 Å². The molecule has 0 unspecified atom stereocenters. The van der Waals surface area contributed by atoms with E-state index in [4.69, 9.17) is 0 Å². The lowest BCUT2D eigenvalue weighted by atomic mass is 10.6. The smallest absolute Gasteiger partial charge is 0.292 e. The van der Waals surface area contributed by atoms with Crippen molar-refractivity contribution in [2.24, 2.45) is 0 Å². The van der Waals surface area contributed by atoms with Crippen molar-refractivity contribution in [2.45, 2.75) is 6.92 Å². The van der Waals surface area contributed by atoms with Crippen molar-refractivity contribution in [1.82, 2.24) is 30.0 Å². The first-order chi connectivity index (χ1) is 6.75. The van der Waals surface area contributed by atoms with Gasteiger partial charge in [-0.15, -0.1) is 5.10 Å². The van der Waals surface area contributed by atoms with Gasteiger partial charge in [0.1, 0.15) is 5.82 Å². The molecular weight excluding hydrogens is 206 g/mol. The molecule has 2 aromatic heterocycles. The SMILES string of the molecule is Cc1nc(C(=O)Nc2nnns2)n[nH]1. The van der Waals surface area contributed by atoms with Gasteiger partial charge in [-0.1, -0.05) is 9.59 Å². The van der Waals surface area contributed by atoms with E-state index in [-0.39, 0.29) is 5.82 Å². The van der Waals surface area contributed by atoms with Gasteiger partial charge in [0.15, 0.2) is 0 Å². The molecule has 0 saturated carbocycles. The Hall–Kier alpha value is -1.90. The van der Waals surface area contributed by atoms with E-state index in [9.17, 15) is 4.79 Å². The molecule has 2 rings (SSSR count). The summed E-state index contributed by atoms with van der Waals surface area (Å²) in [5.41, 5.74) is 0. The molecule has 0 aromatic carbocycles. The molecule has 0 aliphatic carbocycles. The van der Waals surface area contributed by atoms with Crippen LogP contribution in [0.25, 0.3) is 0 Å². The Morgan fingerprint density at radius 3 is 3.00 bits per heavy atom. The van der Waals surface area contributed by atoms with Crippen molar-refractivity contribution in [3.8, 4) is 0 Å². The molecule has 0 bridgehead atoms. The Balaban J connectivity index is 2.10. The molecule has 0 aliphatic rings. The van der Waals surface area contributed by atoms with E-state index in [1.54, 1.807) is 6.92 Å². The van der Waals surface area contributed by atoms with Crippen molar-refractivity contribution in [2.75, 3.05) is 5.32 Å². The fourth-order valence-corrected chi connectivity index (χ4v) is 1.14. The molecule has 0 atom stereocenters. The second-order valence-corrected chi connectivity index (χ2v) is 3.10. The summed E-state index contributed by atoms with van der Waals surface area (Å²) in [7, 11) is 0. The predicted molar refractivity (Wildman–Crippen MR) is 46.8 cm³/mol. The van der Waals surface area contributed by atoms with Crippen LogP contribution in [0.4, 0.5) is 5.13 Å². The summed E-state index contributed by atoms with van der Waals surface area (Å²) in [5, 5.41) is 15.9. The van der Waals surface area contributed by atoms with Gasteiger partial charge in [0.05, 0.1) is 0 Å². The standard InChI is InChI=1S/C5H5N7OS/c1-2-6-3(9-8-2)4(13)7-5-10-11-12-14-5/h1H3,(H,6,8,9)(H,7,10,12,13). The highest BCUT2D eigenvalue weighted by Gasteiger charge is 2.12. The number of amides is 1. The third-order valence-electron chi connectivity index (χ3n) is 1.32. The Morgan fingerprint density at radius 1 is 1.57 bits per heavy atom. The predicted octanol–water partition coefficient (Wildman–Crippen LogP) is -0.388. The maximum absolute atomic E-state index is 11.4. The maximum atomic E-state index is 11.4. The molecule has 8 nitrogen and oxygen atoms in total. The second kappa shape index (κ2) is 3.46. The summed E-state index contributed by atoms with van der Waals surface area (Å²) in [5.74, 6) is 0.205. The molecule has 9 heteroatoms. The van der Waals surface area contributed by atoms with Gasteiger partial charge in [-0.25, -0.2) is 4.98 Å². The minimum atomic E-state index is -0.437. The number of aromatic amines is 1. The third kappa shape index (κ3) is 1.71. The number of carbonyl (C=O) groups is 1. The van der Waals surface area contributed by atoms with Crippen molar-refractivity contribution < 1.29 is 4.79 Å². The number of nitrogens with one attached hydrogen (secondary N) is 2. The molecule has 0 saturated heterocycles. The van der Waals surface area contributed by atoms with Crippen LogP contribution in [-0.4, -0.2) is 35.9 Å². The Morgan fingerprint density at radius 2 is 2.43 bits per heavy atom. The number of nitrogens with zero attached hydrogens (tertiary/aromatic N) is 5. The zero-order chi connectivity index (χ0) is 9.97. The number of aryl methyl sites for hydroxylation is 1. The van der Waals surface area contributed by atoms with E-state index in [0.717, 1.165) is 11.5 Å². The number of aromatic nitrogens is 6. The lowest BCUT2D eigenvalue weighted by molar-refractivity contribution is 0.101. The fraction of sp³-hybridized carbons (Fsp3) is 0.200. The largest absolute Gasteiger partial charge is 0.297 e. The second-order valence-electron chi connectivity index (χ2n) is 2.37. The van der Waals surface area contributed by atoms with Crippen LogP contribution in [0.1, 0.15) is 16.4 Å². The molecule has 1 amide bonds. The fourth-order valence-electron chi connectivity index (χ4n) is 0.779. The molecular formula is C5H5N7OS. The number of rotatable bonds is 2. The molecule has 0 fully saturated rings. The highest BCUT2D eigenvalue weighted by Crippen LogP contribution is 2.05. The number of H-pyrrole nitrogens is 1. The molecule has 14 heavy (non-hydrogen) atoms. The average molecular weight is 211 g/mol. The van der Waals surface area contributed by atoms with Crippen LogP contribution in [-0.2, 0) is 0 Å². The van der Waals surface area contributed by atoms with Crippen LogP contribution >= 0.6 is 11.5 Å². The molecule has 0 radical (unpaired) electrons. The maximum Gasteiger partial charge on any atom is 0.297 e. The zero-order valence-electron chi connectivity index (χ0n) is 7.05. The number of carbonyl (C=O) groups excluding carboxylic acids is 1. The number of anilines is 1. The van der Waals surface area contributed by atoms with Crippen LogP contribution in [0.5, 0.6) is 0 Å². The van der Waals surface area contributed by atoms with E-state index >= 15 is 0 Å². The van der Waals surface area contributed by atoms with Crippen LogP contribution in [0.2, 0.25) is 0 Å². The van der Waals surface area contributed by atoms with Crippen molar-refractivity contribution in [1.29, 1.82) is 0 Å². The van der Waals surface area contributed by atoms with E-state index < -0.39 is 5.91 Å². The van der Waals surface area contributed by atoms with E-state index in [1.165, 1.54) is 0 Å². The van der Waals surface area contributed by atoms with E-state index in [0.29, 0.717) is 11.0 Å². The Labute approximate surface area is 81.9 Å². The van der Waals surface area contributed by atoms with Gasteiger partial charge in [-0.05, 0) is 12.1 Å². The summed E-state index contributed by atoms with van der Waals surface area (Å²) in [6.07, 6.45) is 0. The average Bonchev–Trinajstić information content (AvgIpc) is 2.75. The first-order valence-corrected chi connectivity index (χ1v) is 4.38. The molecule has 72 valence electrons. The Kier molecular flexibility index (Phi) is 2.14. The van der Waals surface area contributed by atoms with Gasteiger partial charge in [-0.2, -0.15) is 0 Å². The summed E-state index contributed by atoms with van der Waals surface area (Å²) < 4.78 is 3.49. The van der Waals surface area contributed by atoms with Crippen LogP contribution in [0.3, 0.4) is 0 Å². The van der Waals surface area contributed by atoms with Gasteiger partial charge in [0.2, 0.25) is 11.0 Å². The molecule has 2 N–H and O–H groups in total. The summed E-state index contributed by atoms with van der Waals surface area (Å²) in [6, 6.07) is 0. The molecule has 2 heterocycles. The van der Waals surface area contributed by atoms with Gasteiger partial charge in [0.25, 0.3) is 5.91 Å². The van der Waals surface area contributed by atoms with Crippen LogP contribution in [0, 0.1) is 6.92 Å². The zero-order valence-corrected chi connectivity index (χ0v) is 7.87. The minimum Gasteiger partial charge on any atom is -0.292 e. The summed E-state index contributed by atoms with van der Waals surface area (Å²) in [6.45, 7) is 1.70. The van der Waals surface area contributed by atoms with Gasteiger partial charge >= 0.3 is 0 Å². The summed E-state index contributed by atoms with van der Waals surface area (Å²) >= 11 is 0.983. The van der Waals surface area contributed by atoms with E-state index in [1.807, 2.05) is 0 Å². The normalized spacial score (nSPS) is 10.1. The van der Waals surface area contributed by atoms with Gasteiger partial charge in [0, 0.05) is 11.5 Å².